The van der Waals surface area contributed by atoms with E-state index in [1.54, 1.807) is 0 Å². The van der Waals surface area contributed by atoms with Crippen LogP contribution in [0.3, 0.4) is 0 Å². The van der Waals surface area contributed by atoms with Gasteiger partial charge in [0.15, 0.2) is 0 Å². The maximum atomic E-state index is 5.48. The van der Waals surface area contributed by atoms with Gasteiger partial charge in [-0.3, -0.25) is 0 Å². The average molecular weight is 145 g/mol. The minimum absolute atomic E-state index is 0.586. The summed E-state index contributed by atoms with van der Waals surface area (Å²) in [5, 5.41) is 0. The molecule has 0 nitrogen and oxygen atoms in total. The van der Waals surface area contributed by atoms with Gasteiger partial charge < -0.3 is 0 Å². The highest BCUT2D eigenvalue weighted by Crippen LogP contribution is 2.30. The fourth-order valence-electron chi connectivity index (χ4n) is 1.37. The molecule has 1 heteroatoms. The van der Waals surface area contributed by atoms with Crippen LogP contribution in [0.5, 0.6) is 0 Å². The molecule has 0 aromatic heterocycles. The molecule has 2 radical (unpaired) electrons. The van der Waals surface area contributed by atoms with Crippen molar-refractivity contribution in [1.29, 1.82) is 0 Å². The first-order valence-electron chi connectivity index (χ1n) is 3.69. The summed E-state index contributed by atoms with van der Waals surface area (Å²) in [7, 11) is 0. The Kier molecular flexibility index (Phi) is 2.84. The molecule has 1 aliphatic rings. The van der Waals surface area contributed by atoms with E-state index >= 15 is 0 Å². The molecule has 0 aromatic rings. The SMILES string of the molecule is CC1CCC([C]Cl)CC1. The third kappa shape index (κ3) is 2.17. The van der Waals surface area contributed by atoms with Gasteiger partial charge in [0.2, 0.25) is 0 Å². The number of halogens is 1. The van der Waals surface area contributed by atoms with Gasteiger partial charge >= 0.3 is 0 Å². The zero-order valence-corrected chi connectivity index (χ0v) is 6.62. The second kappa shape index (κ2) is 3.46. The first-order valence-corrected chi connectivity index (χ1v) is 4.07. The highest BCUT2D eigenvalue weighted by Gasteiger charge is 2.17. The van der Waals surface area contributed by atoms with Crippen molar-refractivity contribution >= 4 is 11.6 Å². The van der Waals surface area contributed by atoms with Crippen molar-refractivity contribution in [2.75, 3.05) is 0 Å². The van der Waals surface area contributed by atoms with Crippen LogP contribution >= 0.6 is 11.6 Å². The predicted octanol–water partition coefficient (Wildman–Crippen LogP) is 3.09. The van der Waals surface area contributed by atoms with Gasteiger partial charge in [-0.25, -0.2) is 0 Å². The van der Waals surface area contributed by atoms with Crippen LogP contribution in [-0.4, -0.2) is 0 Å². The molecule has 1 fully saturated rings. The number of hydrogen-bond acceptors (Lipinski definition) is 0. The van der Waals surface area contributed by atoms with Crippen molar-refractivity contribution < 1.29 is 0 Å². The molecule has 0 heterocycles. The summed E-state index contributed by atoms with van der Waals surface area (Å²) < 4.78 is 0. The van der Waals surface area contributed by atoms with E-state index in [1.807, 2.05) is 0 Å². The second-order valence-electron chi connectivity index (χ2n) is 3.07. The Bertz CT molecular complexity index is 72.6. The number of hydrogen-bond donors (Lipinski definition) is 0. The normalized spacial score (nSPS) is 36.7. The minimum atomic E-state index is 0.586. The van der Waals surface area contributed by atoms with Crippen LogP contribution in [0.15, 0.2) is 0 Å². The van der Waals surface area contributed by atoms with Gasteiger partial charge in [-0.05, 0) is 24.7 Å². The monoisotopic (exact) mass is 144 g/mol. The third-order valence-corrected chi connectivity index (χ3v) is 2.48. The lowest BCUT2D eigenvalue weighted by molar-refractivity contribution is 0.325. The van der Waals surface area contributed by atoms with E-state index in [2.05, 4.69) is 12.8 Å². The predicted molar refractivity (Wildman–Crippen MR) is 40.2 cm³/mol. The highest BCUT2D eigenvalue weighted by atomic mass is 35.5. The molecule has 0 unspecified atom stereocenters. The van der Waals surface area contributed by atoms with E-state index in [-0.39, 0.29) is 0 Å². The Labute approximate surface area is 62.6 Å². The first kappa shape index (κ1) is 7.40. The highest BCUT2D eigenvalue weighted by molar-refractivity contribution is 6.23. The van der Waals surface area contributed by atoms with Crippen LogP contribution in [-0.2, 0) is 0 Å². The van der Waals surface area contributed by atoms with E-state index in [4.69, 9.17) is 11.6 Å². The van der Waals surface area contributed by atoms with E-state index in [0.717, 1.165) is 5.92 Å². The standard InChI is InChI=1S/C8H13Cl/c1-7-2-4-8(6-9)5-3-7/h7-8H,2-5H2,1H3. The van der Waals surface area contributed by atoms with Crippen molar-refractivity contribution in [3.63, 3.8) is 0 Å². The van der Waals surface area contributed by atoms with Crippen molar-refractivity contribution in [2.24, 2.45) is 11.8 Å². The summed E-state index contributed by atoms with van der Waals surface area (Å²) >= 11 is 5.48. The molecule has 1 saturated carbocycles. The molecule has 0 N–H and O–H groups in total. The topological polar surface area (TPSA) is 0 Å². The van der Waals surface area contributed by atoms with Crippen molar-refractivity contribution in [3.8, 4) is 0 Å². The summed E-state index contributed by atoms with van der Waals surface area (Å²) in [6.07, 6.45) is 5.18. The molecule has 0 bridgehead atoms. The van der Waals surface area contributed by atoms with Gasteiger partial charge in [0, 0.05) is 0 Å². The molecule has 1 rings (SSSR count). The number of rotatable bonds is 1. The van der Waals surface area contributed by atoms with Gasteiger partial charge in [0.1, 0.15) is 0 Å². The summed E-state index contributed by atoms with van der Waals surface area (Å²) in [5.41, 5.74) is 0. The van der Waals surface area contributed by atoms with Crippen molar-refractivity contribution in [3.05, 3.63) is 5.88 Å². The summed E-state index contributed by atoms with van der Waals surface area (Å²) in [6.45, 7) is 2.31. The molecule has 52 valence electrons. The molecular formula is C8H13Cl. The van der Waals surface area contributed by atoms with Gasteiger partial charge in [-0.15, -0.1) is 11.6 Å². The lowest BCUT2D eigenvalue weighted by Gasteiger charge is -2.23. The molecule has 0 aromatic carbocycles. The Morgan fingerprint density at radius 1 is 1.22 bits per heavy atom. The van der Waals surface area contributed by atoms with Crippen molar-refractivity contribution in [1.82, 2.24) is 0 Å². The third-order valence-electron chi connectivity index (χ3n) is 2.17. The molecule has 0 amide bonds. The maximum Gasteiger partial charge on any atom is 0.0897 e. The smallest absolute Gasteiger partial charge is 0.0897 e. The molecule has 0 aliphatic heterocycles. The summed E-state index contributed by atoms with van der Waals surface area (Å²) in [5.74, 6) is 4.31. The van der Waals surface area contributed by atoms with Crippen LogP contribution in [0.4, 0.5) is 0 Å². The van der Waals surface area contributed by atoms with Crippen LogP contribution in [0.1, 0.15) is 32.6 Å². The van der Waals surface area contributed by atoms with Crippen LogP contribution in [0.25, 0.3) is 0 Å². The summed E-state index contributed by atoms with van der Waals surface area (Å²) in [4.78, 5) is 0. The minimum Gasteiger partial charge on any atom is -0.115 e. The van der Waals surface area contributed by atoms with Gasteiger partial charge in [0.05, 0.1) is 5.88 Å². The zero-order valence-electron chi connectivity index (χ0n) is 5.86. The second-order valence-corrected chi connectivity index (χ2v) is 3.28. The Balaban J connectivity index is 2.18. The quantitative estimate of drug-likeness (QED) is 0.531. The Morgan fingerprint density at radius 2 is 1.78 bits per heavy atom. The van der Waals surface area contributed by atoms with Crippen LogP contribution < -0.4 is 0 Å². The zero-order chi connectivity index (χ0) is 6.69. The van der Waals surface area contributed by atoms with Crippen molar-refractivity contribution in [2.45, 2.75) is 32.6 Å². The molecule has 9 heavy (non-hydrogen) atoms. The lowest BCUT2D eigenvalue weighted by atomic mass is 9.84. The van der Waals surface area contributed by atoms with Crippen LogP contribution in [0.2, 0.25) is 0 Å². The fraction of sp³-hybridized carbons (Fsp3) is 0.875. The lowest BCUT2D eigenvalue weighted by Crippen LogP contribution is -2.10. The Hall–Kier alpha value is 0.290. The van der Waals surface area contributed by atoms with Crippen LogP contribution in [0, 0.1) is 17.7 Å². The average Bonchev–Trinajstić information content (AvgIpc) is 1.90. The molecule has 0 spiro atoms. The van der Waals surface area contributed by atoms with Gasteiger partial charge in [0.25, 0.3) is 0 Å². The molecule has 0 atom stereocenters. The first-order chi connectivity index (χ1) is 4.33. The van der Waals surface area contributed by atoms with E-state index in [9.17, 15) is 0 Å². The van der Waals surface area contributed by atoms with Gasteiger partial charge in [-0.1, -0.05) is 19.8 Å². The molecule has 1 aliphatic carbocycles. The van der Waals surface area contributed by atoms with E-state index < -0.39 is 0 Å². The van der Waals surface area contributed by atoms with Gasteiger partial charge in [-0.2, -0.15) is 0 Å². The van der Waals surface area contributed by atoms with E-state index in [1.165, 1.54) is 25.7 Å². The van der Waals surface area contributed by atoms with E-state index in [0.29, 0.717) is 5.92 Å². The molecular weight excluding hydrogens is 132 g/mol. The largest absolute Gasteiger partial charge is 0.115 e. The Morgan fingerprint density at radius 3 is 2.22 bits per heavy atom. The fourth-order valence-corrected chi connectivity index (χ4v) is 1.59. The summed E-state index contributed by atoms with van der Waals surface area (Å²) in [6, 6.07) is 0. The molecule has 0 saturated heterocycles. The maximum absolute atomic E-state index is 5.48.